The summed E-state index contributed by atoms with van der Waals surface area (Å²) in [5.41, 5.74) is 2.78. The lowest BCUT2D eigenvalue weighted by atomic mass is 10.1. The molecule has 1 N–H and O–H groups in total. The van der Waals surface area contributed by atoms with Crippen LogP contribution in [0, 0.1) is 0 Å². The summed E-state index contributed by atoms with van der Waals surface area (Å²) in [6, 6.07) is 13.0. The van der Waals surface area contributed by atoms with Gasteiger partial charge in [0.2, 0.25) is 5.91 Å². The Hall–Kier alpha value is -1.73. The monoisotopic (exact) mass is 437 g/mol. The topological polar surface area (TPSA) is 56.1 Å². The molecular formula is C20H21Cl2N3O2S. The number of thioether (sulfide) groups is 1. The van der Waals surface area contributed by atoms with E-state index in [0.717, 1.165) is 21.8 Å². The predicted molar refractivity (Wildman–Crippen MR) is 115 cm³/mol. The third-order valence-corrected chi connectivity index (χ3v) is 5.74. The number of imidazole rings is 1. The highest BCUT2D eigenvalue weighted by atomic mass is 35.5. The third-order valence-electron chi connectivity index (χ3n) is 4.27. The van der Waals surface area contributed by atoms with E-state index in [2.05, 4.69) is 14.9 Å². The van der Waals surface area contributed by atoms with Crippen molar-refractivity contribution in [2.75, 3.05) is 19.5 Å². The summed E-state index contributed by atoms with van der Waals surface area (Å²) in [4.78, 5) is 17.1. The fourth-order valence-corrected chi connectivity index (χ4v) is 3.98. The number of carbonyl (C=O) groups is 1. The second-order valence-electron chi connectivity index (χ2n) is 6.30. The first kappa shape index (κ1) is 21.0. The first-order valence-electron chi connectivity index (χ1n) is 8.80. The number of fused-ring (bicyclic) bond motifs is 1. The van der Waals surface area contributed by atoms with Crippen LogP contribution < -0.4 is 5.32 Å². The molecule has 3 rings (SSSR count). The lowest BCUT2D eigenvalue weighted by Crippen LogP contribution is -2.28. The number of nitrogens with one attached hydrogen (secondary N) is 1. The molecule has 0 radical (unpaired) electrons. The fourth-order valence-electron chi connectivity index (χ4n) is 2.84. The van der Waals surface area contributed by atoms with Crippen molar-refractivity contribution in [1.29, 1.82) is 0 Å². The highest BCUT2D eigenvalue weighted by Crippen LogP contribution is 2.26. The number of aromatic nitrogens is 2. The Morgan fingerprint density at radius 2 is 1.93 bits per heavy atom. The Labute approximate surface area is 178 Å². The molecule has 0 saturated carbocycles. The largest absolute Gasteiger partial charge is 0.383 e. The van der Waals surface area contributed by atoms with Crippen LogP contribution >= 0.6 is 35.0 Å². The maximum absolute atomic E-state index is 12.4. The van der Waals surface area contributed by atoms with Gasteiger partial charge >= 0.3 is 0 Å². The summed E-state index contributed by atoms with van der Waals surface area (Å²) >= 11 is 13.4. The molecule has 5 nitrogen and oxygen atoms in total. The van der Waals surface area contributed by atoms with E-state index in [9.17, 15) is 4.79 Å². The van der Waals surface area contributed by atoms with Gasteiger partial charge in [0.25, 0.3) is 0 Å². The Balaban J connectivity index is 1.68. The molecule has 0 spiro atoms. The minimum Gasteiger partial charge on any atom is -0.383 e. The van der Waals surface area contributed by atoms with Gasteiger partial charge in [-0.15, -0.1) is 0 Å². The predicted octanol–water partition coefficient (Wildman–Crippen LogP) is 4.96. The van der Waals surface area contributed by atoms with Crippen molar-refractivity contribution in [2.24, 2.45) is 0 Å². The molecule has 0 fully saturated rings. The molecule has 0 bridgehead atoms. The second-order valence-corrected chi connectivity index (χ2v) is 8.12. The molecular weight excluding hydrogens is 417 g/mol. The van der Waals surface area contributed by atoms with Gasteiger partial charge in [-0.2, -0.15) is 0 Å². The number of hydrogen-bond donors (Lipinski definition) is 1. The van der Waals surface area contributed by atoms with Gasteiger partial charge in [0, 0.05) is 23.7 Å². The summed E-state index contributed by atoms with van der Waals surface area (Å²) in [6.45, 7) is 3.16. The number of halogens is 2. The molecule has 28 heavy (non-hydrogen) atoms. The zero-order chi connectivity index (χ0) is 20.1. The van der Waals surface area contributed by atoms with Crippen LogP contribution in [-0.4, -0.2) is 34.9 Å². The van der Waals surface area contributed by atoms with Crippen LogP contribution in [0.3, 0.4) is 0 Å². The third kappa shape index (κ3) is 5.20. The van der Waals surface area contributed by atoms with Crippen molar-refractivity contribution in [3.63, 3.8) is 0 Å². The van der Waals surface area contributed by atoms with Crippen LogP contribution in [0.5, 0.6) is 0 Å². The molecule has 1 heterocycles. The van der Waals surface area contributed by atoms with E-state index in [1.165, 1.54) is 11.8 Å². The number of benzene rings is 2. The average molecular weight is 438 g/mol. The Morgan fingerprint density at radius 3 is 2.64 bits per heavy atom. The molecule has 1 amide bonds. The van der Waals surface area contributed by atoms with Gasteiger partial charge in [-0.3, -0.25) is 4.79 Å². The summed E-state index contributed by atoms with van der Waals surface area (Å²) < 4.78 is 7.26. The van der Waals surface area contributed by atoms with Crippen LogP contribution in [0.4, 0.5) is 0 Å². The molecule has 3 aromatic rings. The van der Waals surface area contributed by atoms with Gasteiger partial charge in [-0.25, -0.2) is 4.98 Å². The van der Waals surface area contributed by atoms with Crippen LogP contribution in [0.15, 0.2) is 47.6 Å². The van der Waals surface area contributed by atoms with Crippen molar-refractivity contribution in [1.82, 2.24) is 14.9 Å². The van der Waals surface area contributed by atoms with Crippen LogP contribution in [0.25, 0.3) is 11.0 Å². The second kappa shape index (κ2) is 9.65. The molecule has 148 valence electrons. The molecule has 0 saturated heterocycles. The van der Waals surface area contributed by atoms with Gasteiger partial charge in [0.05, 0.1) is 29.4 Å². The van der Waals surface area contributed by atoms with Gasteiger partial charge in [0.15, 0.2) is 5.16 Å². The Bertz CT molecular complexity index is 960. The highest BCUT2D eigenvalue weighted by Gasteiger charge is 2.15. The van der Waals surface area contributed by atoms with E-state index in [4.69, 9.17) is 27.9 Å². The van der Waals surface area contributed by atoms with E-state index >= 15 is 0 Å². The molecule has 1 unspecified atom stereocenters. The molecule has 0 aliphatic rings. The van der Waals surface area contributed by atoms with Crippen molar-refractivity contribution < 1.29 is 9.53 Å². The Kier molecular flexibility index (Phi) is 7.24. The number of hydrogen-bond acceptors (Lipinski definition) is 4. The van der Waals surface area contributed by atoms with Gasteiger partial charge in [0.1, 0.15) is 0 Å². The van der Waals surface area contributed by atoms with Gasteiger partial charge in [-0.05, 0) is 42.8 Å². The first-order valence-corrected chi connectivity index (χ1v) is 10.5. The minimum absolute atomic E-state index is 0.0594. The van der Waals surface area contributed by atoms with Crippen molar-refractivity contribution in [3.05, 3.63) is 58.1 Å². The Morgan fingerprint density at radius 1 is 1.21 bits per heavy atom. The minimum atomic E-state index is -0.100. The van der Waals surface area contributed by atoms with Crippen LogP contribution in [-0.2, 0) is 16.1 Å². The van der Waals surface area contributed by atoms with Crippen molar-refractivity contribution >= 4 is 51.9 Å². The standard InChI is InChI=1S/C20H21Cl2N3O2S/c1-13(14-3-5-15(21)6-4-14)23-19(26)12-28-20-24-17-11-16(22)7-8-18(17)25(20)9-10-27-2/h3-8,11,13H,9-10,12H2,1-2H3,(H,23,26). The molecule has 1 aromatic heterocycles. The number of methoxy groups -OCH3 is 1. The summed E-state index contributed by atoms with van der Waals surface area (Å²) in [5.74, 6) is 0.206. The SMILES string of the molecule is COCCn1c(SCC(=O)NC(C)c2ccc(Cl)cc2)nc2cc(Cl)ccc21. The van der Waals surface area contributed by atoms with Crippen LogP contribution in [0.1, 0.15) is 18.5 Å². The number of ether oxygens (including phenoxy) is 1. The smallest absolute Gasteiger partial charge is 0.230 e. The molecule has 0 aliphatic heterocycles. The maximum Gasteiger partial charge on any atom is 0.230 e. The highest BCUT2D eigenvalue weighted by molar-refractivity contribution is 7.99. The number of rotatable bonds is 8. The summed E-state index contributed by atoms with van der Waals surface area (Å²) in [5, 5.41) is 5.08. The zero-order valence-electron chi connectivity index (χ0n) is 15.6. The van der Waals surface area contributed by atoms with E-state index in [0.29, 0.717) is 23.2 Å². The zero-order valence-corrected chi connectivity index (χ0v) is 17.9. The fraction of sp³-hybridized carbons (Fsp3) is 0.300. The lowest BCUT2D eigenvalue weighted by molar-refractivity contribution is -0.119. The normalized spacial score (nSPS) is 12.3. The summed E-state index contributed by atoms with van der Waals surface area (Å²) in [7, 11) is 1.66. The molecule has 0 aliphatic carbocycles. The first-order chi connectivity index (χ1) is 13.5. The number of carbonyl (C=O) groups excluding carboxylic acids is 1. The quantitative estimate of drug-likeness (QED) is 0.505. The van der Waals surface area contributed by atoms with Crippen molar-refractivity contribution in [2.45, 2.75) is 24.7 Å². The molecule has 2 aromatic carbocycles. The van der Waals surface area contributed by atoms with E-state index in [1.54, 1.807) is 7.11 Å². The average Bonchev–Trinajstić information content (AvgIpc) is 3.01. The van der Waals surface area contributed by atoms with Crippen molar-refractivity contribution in [3.8, 4) is 0 Å². The van der Waals surface area contributed by atoms with Gasteiger partial charge in [-0.1, -0.05) is 47.1 Å². The van der Waals surface area contributed by atoms with Gasteiger partial charge < -0.3 is 14.6 Å². The maximum atomic E-state index is 12.4. The number of nitrogens with zero attached hydrogens (tertiary/aromatic N) is 2. The van der Waals surface area contributed by atoms with E-state index < -0.39 is 0 Å². The number of amides is 1. The van der Waals surface area contributed by atoms with E-state index in [-0.39, 0.29) is 17.7 Å². The summed E-state index contributed by atoms with van der Waals surface area (Å²) in [6.07, 6.45) is 0. The molecule has 8 heteroatoms. The lowest BCUT2D eigenvalue weighted by Gasteiger charge is -2.14. The van der Waals surface area contributed by atoms with Crippen LogP contribution in [0.2, 0.25) is 10.0 Å². The van der Waals surface area contributed by atoms with E-state index in [1.807, 2.05) is 49.4 Å². The molecule has 1 atom stereocenters.